The lowest BCUT2D eigenvalue weighted by Crippen LogP contribution is -1.96. The standard InChI is InChI=1S/C32H33F3O/c1-3-4-5-6-7-8-22-9-11-23(12-10-22)13-14-24-15-17-27-25(19-24)16-18-28(31(27)35)26-20-29(33)32(36-2)30(34)21-26/h9-12,15-21H,3-8,13-14H2,1-2H3. The zero-order valence-electron chi connectivity index (χ0n) is 21.0. The van der Waals surface area contributed by atoms with Crippen LogP contribution in [0, 0.1) is 17.5 Å². The van der Waals surface area contributed by atoms with Gasteiger partial charge in [-0.3, -0.25) is 0 Å². The van der Waals surface area contributed by atoms with Crippen LogP contribution < -0.4 is 4.74 Å². The number of unbranched alkanes of at least 4 members (excludes halogenated alkanes) is 4. The van der Waals surface area contributed by atoms with Crippen molar-refractivity contribution in [1.82, 2.24) is 0 Å². The van der Waals surface area contributed by atoms with Crippen LogP contribution in [0.1, 0.15) is 55.7 Å². The van der Waals surface area contributed by atoms with E-state index < -0.39 is 23.2 Å². The molecule has 0 unspecified atom stereocenters. The van der Waals surface area contributed by atoms with Crippen molar-refractivity contribution in [2.24, 2.45) is 0 Å². The molecule has 0 aliphatic rings. The van der Waals surface area contributed by atoms with E-state index in [2.05, 4.69) is 31.2 Å². The lowest BCUT2D eigenvalue weighted by molar-refractivity contribution is 0.360. The summed E-state index contributed by atoms with van der Waals surface area (Å²) in [6, 6.07) is 20.1. The molecule has 36 heavy (non-hydrogen) atoms. The van der Waals surface area contributed by atoms with Crippen molar-refractivity contribution < 1.29 is 17.9 Å². The molecule has 0 radical (unpaired) electrons. The van der Waals surface area contributed by atoms with Gasteiger partial charge in [-0.15, -0.1) is 0 Å². The first-order valence-electron chi connectivity index (χ1n) is 12.8. The molecule has 0 aliphatic carbocycles. The quantitative estimate of drug-likeness (QED) is 0.190. The fourth-order valence-electron chi connectivity index (χ4n) is 4.72. The van der Waals surface area contributed by atoms with E-state index in [1.54, 1.807) is 18.2 Å². The molecule has 0 aliphatic heterocycles. The molecule has 4 heteroatoms. The SMILES string of the molecule is CCCCCCCc1ccc(CCc2ccc3c(F)c(-c4cc(F)c(OC)c(F)c4)ccc3c2)cc1. The molecule has 4 aromatic carbocycles. The molecule has 0 N–H and O–H groups in total. The molecular formula is C32H33F3O. The Morgan fingerprint density at radius 2 is 1.25 bits per heavy atom. The van der Waals surface area contributed by atoms with E-state index in [0.29, 0.717) is 5.39 Å². The van der Waals surface area contributed by atoms with E-state index >= 15 is 4.39 Å². The molecule has 0 saturated carbocycles. The Morgan fingerprint density at radius 3 is 1.92 bits per heavy atom. The molecule has 0 amide bonds. The van der Waals surface area contributed by atoms with Crippen LogP contribution in [-0.2, 0) is 19.3 Å². The molecule has 0 atom stereocenters. The number of aryl methyl sites for hydroxylation is 3. The number of ether oxygens (including phenoxy) is 1. The molecular weight excluding hydrogens is 457 g/mol. The predicted molar refractivity (Wildman–Crippen MR) is 142 cm³/mol. The summed E-state index contributed by atoms with van der Waals surface area (Å²) < 4.78 is 48.3. The Balaban J connectivity index is 1.42. The van der Waals surface area contributed by atoms with E-state index in [9.17, 15) is 8.78 Å². The highest BCUT2D eigenvalue weighted by molar-refractivity contribution is 5.89. The number of hydrogen-bond acceptors (Lipinski definition) is 1. The topological polar surface area (TPSA) is 9.23 Å². The van der Waals surface area contributed by atoms with Crippen LogP contribution in [-0.4, -0.2) is 7.11 Å². The number of fused-ring (bicyclic) bond motifs is 1. The zero-order valence-corrected chi connectivity index (χ0v) is 21.0. The van der Waals surface area contributed by atoms with Crippen molar-refractivity contribution in [3.05, 3.63) is 101 Å². The second-order valence-electron chi connectivity index (χ2n) is 9.44. The highest BCUT2D eigenvalue weighted by Crippen LogP contribution is 2.33. The maximum atomic E-state index is 15.3. The largest absolute Gasteiger partial charge is 0.491 e. The molecule has 4 rings (SSSR count). The first-order chi connectivity index (χ1) is 17.5. The second-order valence-corrected chi connectivity index (χ2v) is 9.44. The van der Waals surface area contributed by atoms with Crippen LogP contribution >= 0.6 is 0 Å². The Labute approximate surface area is 211 Å². The molecule has 0 saturated heterocycles. The van der Waals surface area contributed by atoms with Crippen LogP contribution in [0.25, 0.3) is 21.9 Å². The number of benzene rings is 4. The number of halogens is 3. The Morgan fingerprint density at radius 1 is 0.639 bits per heavy atom. The van der Waals surface area contributed by atoms with Crippen molar-refractivity contribution in [3.8, 4) is 16.9 Å². The first-order valence-corrected chi connectivity index (χ1v) is 12.8. The molecule has 4 aromatic rings. The highest BCUT2D eigenvalue weighted by Gasteiger charge is 2.16. The van der Waals surface area contributed by atoms with Gasteiger partial charge < -0.3 is 4.74 Å². The third-order valence-corrected chi connectivity index (χ3v) is 6.83. The normalized spacial score (nSPS) is 11.2. The van der Waals surface area contributed by atoms with Crippen molar-refractivity contribution in [1.29, 1.82) is 0 Å². The average molecular weight is 491 g/mol. The van der Waals surface area contributed by atoms with Gasteiger partial charge in [0.2, 0.25) is 0 Å². The summed E-state index contributed by atoms with van der Waals surface area (Å²) in [6.07, 6.45) is 9.36. The van der Waals surface area contributed by atoms with Crippen molar-refractivity contribution >= 4 is 10.8 Å². The third kappa shape index (κ3) is 6.10. The minimum Gasteiger partial charge on any atom is -0.491 e. The van der Waals surface area contributed by atoms with Crippen LogP contribution in [0.2, 0.25) is 0 Å². The van der Waals surface area contributed by atoms with Crippen LogP contribution in [0.15, 0.2) is 66.7 Å². The maximum absolute atomic E-state index is 15.3. The first kappa shape index (κ1) is 25.8. The summed E-state index contributed by atoms with van der Waals surface area (Å²) >= 11 is 0. The summed E-state index contributed by atoms with van der Waals surface area (Å²) in [4.78, 5) is 0. The smallest absolute Gasteiger partial charge is 0.190 e. The minimum atomic E-state index is -0.859. The van der Waals surface area contributed by atoms with Crippen LogP contribution in [0.3, 0.4) is 0 Å². The van der Waals surface area contributed by atoms with Gasteiger partial charge in [-0.1, -0.05) is 87.2 Å². The highest BCUT2D eigenvalue weighted by atomic mass is 19.1. The van der Waals surface area contributed by atoms with Crippen molar-refractivity contribution in [2.45, 2.75) is 58.3 Å². The Bertz CT molecular complexity index is 1290. The van der Waals surface area contributed by atoms with Crippen molar-refractivity contribution in [2.75, 3.05) is 7.11 Å². The molecule has 0 heterocycles. The van der Waals surface area contributed by atoms with Gasteiger partial charge >= 0.3 is 0 Å². The van der Waals surface area contributed by atoms with E-state index in [1.165, 1.54) is 50.3 Å². The summed E-state index contributed by atoms with van der Waals surface area (Å²) in [5.41, 5.74) is 4.09. The summed E-state index contributed by atoms with van der Waals surface area (Å²) in [6.45, 7) is 2.24. The van der Waals surface area contributed by atoms with E-state index in [1.807, 2.05) is 12.1 Å². The number of methoxy groups -OCH3 is 1. The van der Waals surface area contributed by atoms with Gasteiger partial charge in [-0.2, -0.15) is 0 Å². The van der Waals surface area contributed by atoms with Gasteiger partial charge in [-0.25, -0.2) is 13.2 Å². The fourth-order valence-corrected chi connectivity index (χ4v) is 4.72. The summed E-state index contributed by atoms with van der Waals surface area (Å²) in [7, 11) is 1.20. The maximum Gasteiger partial charge on any atom is 0.190 e. The van der Waals surface area contributed by atoms with Gasteiger partial charge in [0, 0.05) is 10.9 Å². The van der Waals surface area contributed by atoms with Crippen LogP contribution in [0.4, 0.5) is 13.2 Å². The van der Waals surface area contributed by atoms with Gasteiger partial charge in [0.15, 0.2) is 17.4 Å². The summed E-state index contributed by atoms with van der Waals surface area (Å²) in [5.74, 6) is -2.68. The molecule has 0 spiro atoms. The lowest BCUT2D eigenvalue weighted by Gasteiger charge is -2.11. The van der Waals surface area contributed by atoms with Gasteiger partial charge in [0.05, 0.1) is 7.11 Å². The fraction of sp³-hybridized carbons (Fsp3) is 0.312. The second kappa shape index (κ2) is 12.1. The van der Waals surface area contributed by atoms with Crippen LogP contribution in [0.5, 0.6) is 5.75 Å². The number of rotatable bonds is 11. The predicted octanol–water partition coefficient (Wildman–Crippen LogP) is 9.23. The van der Waals surface area contributed by atoms with Gasteiger partial charge in [-0.05, 0) is 65.5 Å². The Hall–Kier alpha value is -3.27. The molecule has 0 bridgehead atoms. The third-order valence-electron chi connectivity index (χ3n) is 6.83. The molecule has 1 nitrogen and oxygen atoms in total. The zero-order chi connectivity index (χ0) is 25.5. The molecule has 188 valence electrons. The summed E-state index contributed by atoms with van der Waals surface area (Å²) in [5, 5.41) is 1.19. The Kier molecular flexibility index (Phi) is 8.69. The molecule has 0 aromatic heterocycles. The minimum absolute atomic E-state index is 0.138. The van der Waals surface area contributed by atoms with E-state index in [-0.39, 0.29) is 11.1 Å². The van der Waals surface area contributed by atoms with E-state index in [4.69, 9.17) is 4.74 Å². The lowest BCUT2D eigenvalue weighted by atomic mass is 9.96. The van der Waals surface area contributed by atoms with Crippen molar-refractivity contribution in [3.63, 3.8) is 0 Å². The monoisotopic (exact) mass is 490 g/mol. The average Bonchev–Trinajstić information content (AvgIpc) is 2.88. The number of hydrogen-bond donors (Lipinski definition) is 0. The van der Waals surface area contributed by atoms with Gasteiger partial charge in [0.1, 0.15) is 5.82 Å². The van der Waals surface area contributed by atoms with E-state index in [0.717, 1.165) is 42.3 Å². The molecule has 0 fully saturated rings. The van der Waals surface area contributed by atoms with Gasteiger partial charge in [0.25, 0.3) is 0 Å².